The molecule has 1 aromatic carbocycles. The smallest absolute Gasteiger partial charge is 0.214 e. The Kier molecular flexibility index (Phi) is 4.67. The summed E-state index contributed by atoms with van der Waals surface area (Å²) in [7, 11) is -0.0452. The Morgan fingerprint density at radius 3 is 3.04 bits per heavy atom. The van der Waals surface area contributed by atoms with Gasteiger partial charge in [-0.15, -0.1) is 0 Å². The summed E-state index contributed by atoms with van der Waals surface area (Å²) in [6, 6.07) is 7.53. The topological polar surface area (TPSA) is 55.8 Å². The van der Waals surface area contributed by atoms with Crippen molar-refractivity contribution < 1.29 is 17.9 Å². The number of nitrogens with zero attached hydrogens (tertiary/aromatic N) is 1. The Labute approximate surface area is 138 Å². The maximum Gasteiger partial charge on any atom is 0.214 e. The van der Waals surface area contributed by atoms with Crippen LogP contribution >= 0.6 is 0 Å². The molecule has 6 heteroatoms. The van der Waals surface area contributed by atoms with E-state index in [1.165, 1.54) is 4.31 Å². The van der Waals surface area contributed by atoms with Crippen LogP contribution in [0.2, 0.25) is 0 Å². The molecule has 1 saturated heterocycles. The zero-order chi connectivity index (χ0) is 16.5. The molecule has 2 bridgehead atoms. The van der Waals surface area contributed by atoms with Crippen molar-refractivity contribution >= 4 is 10.0 Å². The summed E-state index contributed by atoms with van der Waals surface area (Å²) >= 11 is 0. The zero-order valence-corrected chi connectivity index (χ0v) is 14.6. The Hall–Kier alpha value is -1.11. The number of ether oxygens (including phenoxy) is 2. The lowest BCUT2D eigenvalue weighted by Crippen LogP contribution is -2.39. The highest BCUT2D eigenvalue weighted by Crippen LogP contribution is 2.44. The minimum Gasteiger partial charge on any atom is -0.497 e. The van der Waals surface area contributed by atoms with E-state index < -0.39 is 10.0 Å². The molecule has 2 aliphatic rings. The molecule has 0 radical (unpaired) electrons. The van der Waals surface area contributed by atoms with Crippen LogP contribution in [-0.2, 0) is 21.3 Å². The minimum absolute atomic E-state index is 0.176. The molecule has 1 aromatic rings. The molecule has 2 unspecified atom stereocenters. The fourth-order valence-electron chi connectivity index (χ4n) is 3.76. The van der Waals surface area contributed by atoms with Crippen LogP contribution in [0.25, 0.3) is 0 Å². The van der Waals surface area contributed by atoms with Gasteiger partial charge >= 0.3 is 0 Å². The van der Waals surface area contributed by atoms with E-state index in [2.05, 4.69) is 0 Å². The molecule has 1 aliphatic carbocycles. The van der Waals surface area contributed by atoms with Crippen molar-refractivity contribution in [1.29, 1.82) is 0 Å². The van der Waals surface area contributed by atoms with Crippen LogP contribution in [0.3, 0.4) is 0 Å². The molecule has 0 amide bonds. The SMILES string of the molecule is COc1cccc(CN(C)S(=O)(=O)CC23CCCC(C2)OC3)c1. The largest absolute Gasteiger partial charge is 0.497 e. The zero-order valence-electron chi connectivity index (χ0n) is 13.8. The Morgan fingerprint density at radius 2 is 2.26 bits per heavy atom. The van der Waals surface area contributed by atoms with Gasteiger partial charge in [0.15, 0.2) is 0 Å². The second-order valence-corrected chi connectivity index (χ2v) is 8.97. The normalized spacial score (nSPS) is 27.3. The van der Waals surface area contributed by atoms with Gasteiger partial charge in [0, 0.05) is 19.0 Å². The Morgan fingerprint density at radius 1 is 1.43 bits per heavy atom. The standard InChI is InChI=1S/C17H25NO4S/c1-18(11-14-5-3-6-15(9-14)21-2)23(19,20)13-17-8-4-7-16(10-17)22-12-17/h3,5-6,9,16H,4,7-8,10-13H2,1-2H3. The van der Waals surface area contributed by atoms with E-state index >= 15 is 0 Å². The van der Waals surface area contributed by atoms with Crippen LogP contribution in [-0.4, -0.2) is 45.3 Å². The minimum atomic E-state index is -3.31. The number of fused-ring (bicyclic) bond motifs is 2. The molecule has 5 nitrogen and oxygen atoms in total. The second kappa shape index (κ2) is 6.42. The van der Waals surface area contributed by atoms with Gasteiger partial charge in [-0.05, 0) is 37.0 Å². The van der Waals surface area contributed by atoms with Crippen LogP contribution in [0.5, 0.6) is 5.75 Å². The molecule has 1 saturated carbocycles. The maximum atomic E-state index is 12.8. The van der Waals surface area contributed by atoms with Gasteiger partial charge in [-0.2, -0.15) is 0 Å². The molecule has 23 heavy (non-hydrogen) atoms. The van der Waals surface area contributed by atoms with Crippen molar-refractivity contribution in [1.82, 2.24) is 4.31 Å². The van der Waals surface area contributed by atoms with Gasteiger partial charge < -0.3 is 9.47 Å². The van der Waals surface area contributed by atoms with Crippen molar-refractivity contribution in [3.05, 3.63) is 29.8 Å². The molecule has 2 fully saturated rings. The summed E-state index contributed by atoms with van der Waals surface area (Å²) in [5.41, 5.74) is 0.752. The van der Waals surface area contributed by atoms with E-state index in [0.717, 1.165) is 37.0 Å². The van der Waals surface area contributed by atoms with Crippen molar-refractivity contribution in [3.8, 4) is 5.75 Å². The summed E-state index contributed by atoms with van der Waals surface area (Å²) in [5.74, 6) is 0.933. The summed E-state index contributed by atoms with van der Waals surface area (Å²) < 4.78 is 38.0. The van der Waals surface area contributed by atoms with Crippen molar-refractivity contribution in [2.24, 2.45) is 5.41 Å². The van der Waals surface area contributed by atoms with Gasteiger partial charge in [0.05, 0.1) is 25.6 Å². The van der Waals surface area contributed by atoms with E-state index in [-0.39, 0.29) is 17.3 Å². The van der Waals surface area contributed by atoms with Crippen LogP contribution in [0.4, 0.5) is 0 Å². The van der Waals surface area contributed by atoms with Crippen molar-refractivity contribution in [2.75, 3.05) is 26.5 Å². The number of hydrogen-bond acceptors (Lipinski definition) is 4. The fourth-order valence-corrected chi connectivity index (χ4v) is 5.44. The first-order chi connectivity index (χ1) is 10.9. The second-order valence-electron chi connectivity index (χ2n) is 6.89. The summed E-state index contributed by atoms with van der Waals surface area (Å²) in [6.45, 7) is 0.948. The monoisotopic (exact) mass is 339 g/mol. The summed E-state index contributed by atoms with van der Waals surface area (Å²) in [5, 5.41) is 0. The number of rotatable bonds is 6. The summed E-state index contributed by atoms with van der Waals surface area (Å²) in [4.78, 5) is 0. The average Bonchev–Trinajstić information content (AvgIpc) is 2.80. The molecule has 0 aromatic heterocycles. The van der Waals surface area contributed by atoms with Crippen LogP contribution in [0, 0.1) is 5.41 Å². The quantitative estimate of drug-likeness (QED) is 0.799. The molecular formula is C17H25NO4S. The lowest BCUT2D eigenvalue weighted by molar-refractivity contribution is 0.104. The van der Waals surface area contributed by atoms with E-state index in [1.807, 2.05) is 24.3 Å². The average molecular weight is 339 g/mol. The summed E-state index contributed by atoms with van der Waals surface area (Å²) in [6.07, 6.45) is 4.25. The highest BCUT2D eigenvalue weighted by Gasteiger charge is 2.46. The van der Waals surface area contributed by atoms with Crippen LogP contribution in [0.15, 0.2) is 24.3 Å². The van der Waals surface area contributed by atoms with Gasteiger partial charge in [0.2, 0.25) is 10.0 Å². The first-order valence-corrected chi connectivity index (χ1v) is 9.72. The van der Waals surface area contributed by atoms with E-state index in [0.29, 0.717) is 13.2 Å². The van der Waals surface area contributed by atoms with Crippen molar-refractivity contribution in [2.45, 2.75) is 38.3 Å². The van der Waals surface area contributed by atoms with E-state index in [9.17, 15) is 8.42 Å². The molecular weight excluding hydrogens is 314 g/mol. The third kappa shape index (κ3) is 3.70. The molecule has 1 heterocycles. The van der Waals surface area contributed by atoms with Gasteiger partial charge in [0.1, 0.15) is 5.75 Å². The number of methoxy groups -OCH3 is 1. The first-order valence-electron chi connectivity index (χ1n) is 8.11. The predicted molar refractivity (Wildman–Crippen MR) is 88.9 cm³/mol. The number of sulfonamides is 1. The van der Waals surface area contributed by atoms with Gasteiger partial charge in [-0.1, -0.05) is 18.6 Å². The lowest BCUT2D eigenvalue weighted by atomic mass is 9.77. The van der Waals surface area contributed by atoms with Gasteiger partial charge in [-0.3, -0.25) is 0 Å². The molecule has 128 valence electrons. The maximum absolute atomic E-state index is 12.8. The Bertz CT molecular complexity index is 656. The molecule has 2 atom stereocenters. The predicted octanol–water partition coefficient (Wildman–Crippen LogP) is 2.42. The molecule has 3 rings (SSSR count). The number of hydrogen-bond donors (Lipinski definition) is 0. The molecule has 0 N–H and O–H groups in total. The Balaban J connectivity index is 1.69. The first kappa shape index (κ1) is 16.7. The van der Waals surface area contributed by atoms with Gasteiger partial charge in [0.25, 0.3) is 0 Å². The van der Waals surface area contributed by atoms with E-state index in [4.69, 9.17) is 9.47 Å². The van der Waals surface area contributed by atoms with Crippen LogP contribution in [0.1, 0.15) is 31.2 Å². The lowest BCUT2D eigenvalue weighted by Gasteiger charge is -2.32. The third-order valence-electron chi connectivity index (χ3n) is 5.02. The van der Waals surface area contributed by atoms with Gasteiger partial charge in [-0.25, -0.2) is 12.7 Å². The molecule has 1 aliphatic heterocycles. The highest BCUT2D eigenvalue weighted by molar-refractivity contribution is 7.89. The van der Waals surface area contributed by atoms with Crippen LogP contribution < -0.4 is 4.74 Å². The highest BCUT2D eigenvalue weighted by atomic mass is 32.2. The van der Waals surface area contributed by atoms with E-state index in [1.54, 1.807) is 14.2 Å². The molecule has 0 spiro atoms. The number of benzene rings is 1. The third-order valence-corrected chi connectivity index (χ3v) is 7.08. The van der Waals surface area contributed by atoms with Crippen molar-refractivity contribution in [3.63, 3.8) is 0 Å². The fraction of sp³-hybridized carbons (Fsp3) is 0.647.